The molecule has 43 heavy (non-hydrogen) atoms. The summed E-state index contributed by atoms with van der Waals surface area (Å²) in [4.78, 5) is 29.6. The Morgan fingerprint density at radius 2 is 1.42 bits per heavy atom. The number of halogens is 1. The maximum absolute atomic E-state index is 14.4. The third-order valence-electron chi connectivity index (χ3n) is 7.08. The number of sulfonamides is 1. The minimum Gasteiger partial charge on any atom is -0.354 e. The zero-order chi connectivity index (χ0) is 30.8. The summed E-state index contributed by atoms with van der Waals surface area (Å²) in [6, 6.07) is 30.7. The molecule has 0 radical (unpaired) electrons. The number of nitrogens with one attached hydrogen (secondary N) is 1. The number of anilines is 1. The van der Waals surface area contributed by atoms with Crippen LogP contribution in [0.2, 0.25) is 5.02 Å². The topological polar surface area (TPSA) is 86.8 Å². The quantitative estimate of drug-likeness (QED) is 0.199. The van der Waals surface area contributed by atoms with Crippen LogP contribution in [-0.2, 0) is 32.6 Å². The molecule has 1 N–H and O–H groups in total. The highest BCUT2D eigenvalue weighted by Gasteiger charge is 2.34. The highest BCUT2D eigenvalue weighted by Crippen LogP contribution is 2.27. The van der Waals surface area contributed by atoms with E-state index in [4.69, 9.17) is 11.6 Å². The molecule has 0 heterocycles. The van der Waals surface area contributed by atoms with E-state index in [0.717, 1.165) is 21.9 Å². The number of aryl methyl sites for hydroxylation is 1. The molecule has 224 valence electrons. The third-order valence-corrected chi connectivity index (χ3v) is 9.11. The van der Waals surface area contributed by atoms with Crippen molar-refractivity contribution in [2.75, 3.05) is 17.4 Å². The molecule has 0 aliphatic rings. The van der Waals surface area contributed by atoms with Gasteiger partial charge >= 0.3 is 0 Å². The van der Waals surface area contributed by atoms with Crippen molar-refractivity contribution in [1.29, 1.82) is 0 Å². The number of nitrogens with zero attached hydrogens (tertiary/aromatic N) is 2. The van der Waals surface area contributed by atoms with Crippen LogP contribution in [0.5, 0.6) is 0 Å². The lowest BCUT2D eigenvalue weighted by Gasteiger charge is -2.34. The second-order valence-electron chi connectivity index (χ2n) is 10.3. The Morgan fingerprint density at radius 1 is 0.814 bits per heavy atom. The number of amides is 2. The summed E-state index contributed by atoms with van der Waals surface area (Å²) in [7, 11) is -4.13. The fourth-order valence-corrected chi connectivity index (χ4v) is 6.41. The minimum absolute atomic E-state index is 0.0665. The summed E-state index contributed by atoms with van der Waals surface area (Å²) in [6.45, 7) is 3.79. The molecule has 4 aromatic rings. The van der Waals surface area contributed by atoms with E-state index in [1.165, 1.54) is 17.0 Å². The molecule has 1 unspecified atom stereocenters. The van der Waals surface area contributed by atoms with Crippen molar-refractivity contribution in [3.63, 3.8) is 0 Å². The van der Waals surface area contributed by atoms with Crippen molar-refractivity contribution in [2.24, 2.45) is 0 Å². The highest BCUT2D eigenvalue weighted by molar-refractivity contribution is 7.92. The largest absolute Gasteiger partial charge is 0.354 e. The van der Waals surface area contributed by atoms with Crippen molar-refractivity contribution in [3.05, 3.63) is 131 Å². The van der Waals surface area contributed by atoms with Gasteiger partial charge in [-0.3, -0.25) is 13.9 Å². The predicted octanol–water partition coefficient (Wildman–Crippen LogP) is 6.01. The maximum Gasteiger partial charge on any atom is 0.264 e. The predicted molar refractivity (Wildman–Crippen MR) is 171 cm³/mol. The highest BCUT2D eigenvalue weighted by atomic mass is 35.5. The molecule has 4 aromatic carbocycles. The van der Waals surface area contributed by atoms with Crippen molar-refractivity contribution in [1.82, 2.24) is 10.2 Å². The molecule has 0 aliphatic heterocycles. The van der Waals surface area contributed by atoms with E-state index in [0.29, 0.717) is 22.8 Å². The Balaban J connectivity index is 1.79. The zero-order valence-corrected chi connectivity index (χ0v) is 25.9. The summed E-state index contributed by atoms with van der Waals surface area (Å²) in [5.74, 6) is -0.813. The standard InChI is InChI=1S/C34H36ClN3O4S/c1-3-22-36-34(40)32(23-27-13-6-4-7-14-27)37(24-28-18-20-29(35)21-19-28)33(39)25-38(31-17-11-10-12-26(31)2)43(41,42)30-15-8-5-9-16-30/h4-21,32H,3,22-25H2,1-2H3,(H,36,40). The SMILES string of the molecule is CCCNC(=O)C(Cc1ccccc1)N(Cc1ccc(Cl)cc1)C(=O)CN(c1ccccc1C)S(=O)(=O)c1ccccc1. The van der Waals surface area contributed by atoms with Gasteiger partial charge in [0, 0.05) is 24.5 Å². The van der Waals surface area contributed by atoms with Crippen LogP contribution in [0.3, 0.4) is 0 Å². The van der Waals surface area contributed by atoms with Gasteiger partial charge in [0.2, 0.25) is 11.8 Å². The number of rotatable bonds is 13. The Bertz CT molecular complexity index is 1610. The Labute approximate surface area is 259 Å². The molecule has 0 aliphatic carbocycles. The molecule has 0 saturated carbocycles. The minimum atomic E-state index is -4.13. The lowest BCUT2D eigenvalue weighted by molar-refractivity contribution is -0.140. The molecule has 2 amide bonds. The number of carbonyl (C=O) groups is 2. The number of para-hydroxylation sites is 1. The van der Waals surface area contributed by atoms with Crippen LogP contribution in [0, 0.1) is 6.92 Å². The van der Waals surface area contributed by atoms with Crippen LogP contribution in [0.1, 0.15) is 30.0 Å². The van der Waals surface area contributed by atoms with Crippen LogP contribution in [0.15, 0.2) is 114 Å². The lowest BCUT2D eigenvalue weighted by atomic mass is 10.0. The van der Waals surface area contributed by atoms with E-state index >= 15 is 0 Å². The van der Waals surface area contributed by atoms with E-state index in [2.05, 4.69) is 5.32 Å². The number of hydrogen-bond donors (Lipinski definition) is 1. The van der Waals surface area contributed by atoms with Gasteiger partial charge in [0.25, 0.3) is 10.0 Å². The fraction of sp³-hybridized carbons (Fsp3) is 0.235. The second kappa shape index (κ2) is 14.8. The van der Waals surface area contributed by atoms with Crippen LogP contribution in [0.4, 0.5) is 5.69 Å². The van der Waals surface area contributed by atoms with E-state index < -0.39 is 28.5 Å². The smallest absolute Gasteiger partial charge is 0.264 e. The van der Waals surface area contributed by atoms with Crippen LogP contribution in [0.25, 0.3) is 0 Å². The molecule has 7 nitrogen and oxygen atoms in total. The first-order valence-electron chi connectivity index (χ1n) is 14.2. The molecule has 0 saturated heterocycles. The van der Waals surface area contributed by atoms with Gasteiger partial charge in [-0.2, -0.15) is 0 Å². The molecule has 0 bridgehead atoms. The Morgan fingerprint density at radius 3 is 2.05 bits per heavy atom. The summed E-state index contributed by atoms with van der Waals surface area (Å²) in [6.07, 6.45) is 0.983. The fourth-order valence-electron chi connectivity index (χ4n) is 4.78. The van der Waals surface area contributed by atoms with Crippen molar-refractivity contribution in [3.8, 4) is 0 Å². The lowest BCUT2D eigenvalue weighted by Crippen LogP contribution is -2.53. The van der Waals surface area contributed by atoms with Gasteiger partial charge in [-0.15, -0.1) is 0 Å². The van der Waals surface area contributed by atoms with Gasteiger partial charge in [0.05, 0.1) is 10.6 Å². The van der Waals surface area contributed by atoms with Crippen LogP contribution < -0.4 is 9.62 Å². The number of carbonyl (C=O) groups excluding carboxylic acids is 2. The maximum atomic E-state index is 14.4. The molecular formula is C34H36ClN3O4S. The summed E-state index contributed by atoms with van der Waals surface area (Å²) >= 11 is 6.13. The molecule has 4 rings (SSSR count). The van der Waals surface area contributed by atoms with Crippen molar-refractivity contribution in [2.45, 2.75) is 44.2 Å². The van der Waals surface area contributed by atoms with E-state index in [1.807, 2.05) is 43.3 Å². The number of benzene rings is 4. The van der Waals surface area contributed by atoms with Gasteiger partial charge in [-0.05, 0) is 60.4 Å². The molecular weight excluding hydrogens is 582 g/mol. The second-order valence-corrected chi connectivity index (χ2v) is 12.6. The van der Waals surface area contributed by atoms with E-state index in [1.54, 1.807) is 67.6 Å². The number of hydrogen-bond acceptors (Lipinski definition) is 4. The van der Waals surface area contributed by atoms with Crippen molar-refractivity contribution < 1.29 is 18.0 Å². The van der Waals surface area contributed by atoms with Gasteiger partial charge in [-0.25, -0.2) is 8.42 Å². The summed E-state index contributed by atoms with van der Waals surface area (Å²) < 4.78 is 29.2. The van der Waals surface area contributed by atoms with Gasteiger partial charge in [-0.1, -0.05) is 97.4 Å². The van der Waals surface area contributed by atoms with Gasteiger partial charge in [0.15, 0.2) is 0 Å². The van der Waals surface area contributed by atoms with Crippen LogP contribution >= 0.6 is 11.6 Å². The normalized spacial score (nSPS) is 11.9. The first-order chi connectivity index (χ1) is 20.7. The van der Waals surface area contributed by atoms with Gasteiger partial charge < -0.3 is 10.2 Å². The molecule has 0 aromatic heterocycles. The van der Waals surface area contributed by atoms with Crippen molar-refractivity contribution >= 4 is 39.1 Å². The Kier molecular flexibility index (Phi) is 11.0. The van der Waals surface area contributed by atoms with E-state index in [-0.39, 0.29) is 23.8 Å². The first kappa shape index (κ1) is 31.8. The third kappa shape index (κ3) is 8.24. The summed E-state index contributed by atoms with van der Waals surface area (Å²) in [5, 5.41) is 3.49. The van der Waals surface area contributed by atoms with E-state index in [9.17, 15) is 18.0 Å². The molecule has 0 fully saturated rings. The molecule has 0 spiro atoms. The summed E-state index contributed by atoms with van der Waals surface area (Å²) in [5.41, 5.74) is 2.72. The zero-order valence-electron chi connectivity index (χ0n) is 24.3. The average molecular weight is 618 g/mol. The average Bonchev–Trinajstić information content (AvgIpc) is 3.02. The van der Waals surface area contributed by atoms with Crippen LogP contribution in [-0.4, -0.2) is 44.3 Å². The monoisotopic (exact) mass is 617 g/mol. The molecule has 1 atom stereocenters. The molecule has 9 heteroatoms. The Hall–Kier alpha value is -4.14. The van der Waals surface area contributed by atoms with Gasteiger partial charge in [0.1, 0.15) is 12.6 Å². The first-order valence-corrected chi connectivity index (χ1v) is 16.0.